The lowest BCUT2D eigenvalue weighted by atomic mass is 10.3. The van der Waals surface area contributed by atoms with Crippen LogP contribution in [0.2, 0.25) is 0 Å². The molecule has 7 nitrogen and oxygen atoms in total. The lowest BCUT2D eigenvalue weighted by Gasteiger charge is -2.12. The highest BCUT2D eigenvalue weighted by Crippen LogP contribution is 2.15. The molecule has 0 radical (unpaired) electrons. The first kappa shape index (κ1) is 17.0. The molecule has 132 valence electrons. The van der Waals surface area contributed by atoms with Gasteiger partial charge in [0.15, 0.2) is 0 Å². The normalized spacial score (nSPS) is 11.2. The Kier molecular flexibility index (Phi) is 5.02. The molecule has 2 aromatic heterocycles. The predicted octanol–water partition coefficient (Wildman–Crippen LogP) is 3.11. The van der Waals surface area contributed by atoms with Gasteiger partial charge in [0.05, 0.1) is 17.2 Å². The topological polar surface area (TPSA) is 76.8 Å². The van der Waals surface area contributed by atoms with Crippen molar-refractivity contribution in [2.24, 2.45) is 7.05 Å². The van der Waals surface area contributed by atoms with E-state index >= 15 is 0 Å². The molecule has 0 unspecified atom stereocenters. The van der Waals surface area contributed by atoms with Crippen LogP contribution in [0.4, 0.5) is 10.6 Å². The number of hydrogen-bond acceptors (Lipinski definition) is 3. The van der Waals surface area contributed by atoms with E-state index in [1.807, 2.05) is 39.1 Å². The molecule has 3 aromatic rings. The van der Waals surface area contributed by atoms with E-state index in [2.05, 4.69) is 31.3 Å². The van der Waals surface area contributed by atoms with Gasteiger partial charge in [-0.15, -0.1) is 0 Å². The van der Waals surface area contributed by atoms with Crippen LogP contribution in [0.15, 0.2) is 36.5 Å². The Hall–Kier alpha value is -2.83. The summed E-state index contributed by atoms with van der Waals surface area (Å²) in [5.74, 6) is 1.73. The number of imidazole rings is 1. The molecule has 0 spiro atoms. The predicted molar refractivity (Wildman–Crippen MR) is 98.7 cm³/mol. The van der Waals surface area contributed by atoms with E-state index < -0.39 is 0 Å². The third-order valence-electron chi connectivity index (χ3n) is 4.14. The Morgan fingerprint density at radius 2 is 2.04 bits per heavy atom. The molecule has 0 aliphatic carbocycles. The third kappa shape index (κ3) is 3.81. The Morgan fingerprint density at radius 1 is 1.24 bits per heavy atom. The summed E-state index contributed by atoms with van der Waals surface area (Å²) in [6, 6.07) is 9.86. The van der Waals surface area contributed by atoms with E-state index in [0.717, 1.165) is 29.7 Å². The van der Waals surface area contributed by atoms with Crippen molar-refractivity contribution in [1.29, 1.82) is 0 Å². The Bertz CT molecular complexity index is 863. The molecule has 0 aliphatic heterocycles. The summed E-state index contributed by atoms with van der Waals surface area (Å²) >= 11 is 0. The molecule has 1 aromatic carbocycles. The van der Waals surface area contributed by atoms with E-state index in [1.54, 1.807) is 16.9 Å². The highest BCUT2D eigenvalue weighted by Gasteiger charge is 2.10. The first-order valence-corrected chi connectivity index (χ1v) is 8.55. The lowest BCUT2D eigenvalue weighted by Crippen LogP contribution is -2.31. The second-order valence-electron chi connectivity index (χ2n) is 6.31. The SMILES string of the molecule is CC(C)n1nccc1NC(=O)NCCCc1nc2ccccc2n1C. The van der Waals surface area contributed by atoms with Crippen molar-refractivity contribution in [2.75, 3.05) is 11.9 Å². The molecule has 0 bridgehead atoms. The zero-order valence-corrected chi connectivity index (χ0v) is 14.9. The minimum atomic E-state index is -0.215. The summed E-state index contributed by atoms with van der Waals surface area (Å²) in [6.07, 6.45) is 3.32. The number of nitrogens with one attached hydrogen (secondary N) is 2. The largest absolute Gasteiger partial charge is 0.338 e. The van der Waals surface area contributed by atoms with Crippen molar-refractivity contribution < 1.29 is 4.79 Å². The van der Waals surface area contributed by atoms with Crippen molar-refractivity contribution in [1.82, 2.24) is 24.6 Å². The molecule has 3 rings (SSSR count). The van der Waals surface area contributed by atoms with E-state index in [0.29, 0.717) is 12.4 Å². The number of benzene rings is 1. The number of anilines is 1. The van der Waals surface area contributed by atoms with Gasteiger partial charge in [-0.3, -0.25) is 5.32 Å². The molecule has 0 aliphatic rings. The monoisotopic (exact) mass is 340 g/mol. The Morgan fingerprint density at radius 3 is 2.80 bits per heavy atom. The van der Waals surface area contributed by atoms with Crippen molar-refractivity contribution in [3.8, 4) is 0 Å². The number of aryl methyl sites for hydroxylation is 2. The third-order valence-corrected chi connectivity index (χ3v) is 4.14. The maximum atomic E-state index is 12.0. The van der Waals surface area contributed by atoms with Gasteiger partial charge in [-0.2, -0.15) is 5.10 Å². The molecule has 0 fully saturated rings. The van der Waals surface area contributed by atoms with Crippen LogP contribution in [0.3, 0.4) is 0 Å². The number of amides is 2. The van der Waals surface area contributed by atoms with Gasteiger partial charge in [-0.05, 0) is 32.4 Å². The second-order valence-corrected chi connectivity index (χ2v) is 6.31. The fourth-order valence-electron chi connectivity index (χ4n) is 2.85. The fraction of sp³-hybridized carbons (Fsp3) is 0.389. The number of aromatic nitrogens is 4. The maximum Gasteiger partial charge on any atom is 0.320 e. The zero-order chi connectivity index (χ0) is 17.8. The van der Waals surface area contributed by atoms with Gasteiger partial charge in [0.2, 0.25) is 0 Å². The molecule has 0 saturated heterocycles. The van der Waals surface area contributed by atoms with Crippen molar-refractivity contribution in [3.63, 3.8) is 0 Å². The summed E-state index contributed by atoms with van der Waals surface area (Å²) in [4.78, 5) is 16.7. The maximum absolute atomic E-state index is 12.0. The lowest BCUT2D eigenvalue weighted by molar-refractivity contribution is 0.251. The number of nitrogens with zero attached hydrogens (tertiary/aromatic N) is 4. The van der Waals surface area contributed by atoms with Crippen molar-refractivity contribution in [2.45, 2.75) is 32.7 Å². The van der Waals surface area contributed by atoms with E-state index in [9.17, 15) is 4.79 Å². The zero-order valence-electron chi connectivity index (χ0n) is 14.9. The molecule has 7 heteroatoms. The van der Waals surface area contributed by atoms with Crippen LogP contribution in [0.5, 0.6) is 0 Å². The molecular formula is C18H24N6O. The second kappa shape index (κ2) is 7.38. The Balaban J connectivity index is 1.48. The standard InChI is InChI=1S/C18H24N6O/c1-13(2)24-17(10-12-20-24)22-18(25)19-11-6-9-16-21-14-7-4-5-8-15(14)23(16)3/h4-5,7-8,10,12-13H,6,9,11H2,1-3H3,(H2,19,22,25). The average molecular weight is 340 g/mol. The van der Waals surface area contributed by atoms with E-state index in [4.69, 9.17) is 0 Å². The molecule has 0 atom stereocenters. The minimum Gasteiger partial charge on any atom is -0.338 e. The summed E-state index contributed by atoms with van der Waals surface area (Å²) < 4.78 is 3.88. The smallest absolute Gasteiger partial charge is 0.320 e. The average Bonchev–Trinajstić information content (AvgIpc) is 3.17. The first-order chi connectivity index (χ1) is 12.1. The summed E-state index contributed by atoms with van der Waals surface area (Å²) in [6.45, 7) is 4.63. The number of carbonyl (C=O) groups excluding carboxylic acids is 1. The molecule has 2 N–H and O–H groups in total. The summed E-state index contributed by atoms with van der Waals surface area (Å²) in [5.41, 5.74) is 2.14. The van der Waals surface area contributed by atoms with Gasteiger partial charge in [-0.1, -0.05) is 12.1 Å². The van der Waals surface area contributed by atoms with Crippen LogP contribution in [0.25, 0.3) is 11.0 Å². The number of carbonyl (C=O) groups is 1. The van der Waals surface area contributed by atoms with Crippen LogP contribution >= 0.6 is 0 Å². The molecule has 2 amide bonds. The number of para-hydroxylation sites is 2. The molecule has 0 saturated carbocycles. The first-order valence-electron chi connectivity index (χ1n) is 8.55. The molecule has 2 heterocycles. The van der Waals surface area contributed by atoms with Gasteiger partial charge < -0.3 is 9.88 Å². The van der Waals surface area contributed by atoms with Crippen LogP contribution in [0, 0.1) is 0 Å². The quantitative estimate of drug-likeness (QED) is 0.677. The fourth-order valence-corrected chi connectivity index (χ4v) is 2.85. The van der Waals surface area contributed by atoms with Crippen LogP contribution in [-0.4, -0.2) is 31.9 Å². The number of urea groups is 1. The molecular weight excluding hydrogens is 316 g/mol. The summed E-state index contributed by atoms with van der Waals surface area (Å²) in [5, 5.41) is 9.91. The number of hydrogen-bond donors (Lipinski definition) is 2. The van der Waals surface area contributed by atoms with E-state index in [-0.39, 0.29) is 12.1 Å². The minimum absolute atomic E-state index is 0.197. The van der Waals surface area contributed by atoms with Crippen molar-refractivity contribution in [3.05, 3.63) is 42.4 Å². The van der Waals surface area contributed by atoms with Gasteiger partial charge in [0, 0.05) is 32.1 Å². The van der Waals surface area contributed by atoms with E-state index in [1.165, 1.54) is 0 Å². The highest BCUT2D eigenvalue weighted by molar-refractivity contribution is 5.88. The van der Waals surface area contributed by atoms with Crippen LogP contribution in [-0.2, 0) is 13.5 Å². The van der Waals surface area contributed by atoms with Gasteiger partial charge in [0.1, 0.15) is 11.6 Å². The highest BCUT2D eigenvalue weighted by atomic mass is 16.2. The Labute approximate surface area is 147 Å². The van der Waals surface area contributed by atoms with Gasteiger partial charge in [-0.25, -0.2) is 14.5 Å². The summed E-state index contributed by atoms with van der Waals surface area (Å²) in [7, 11) is 2.03. The number of rotatable bonds is 6. The molecule has 25 heavy (non-hydrogen) atoms. The number of fused-ring (bicyclic) bond motifs is 1. The van der Waals surface area contributed by atoms with Gasteiger partial charge >= 0.3 is 6.03 Å². The van der Waals surface area contributed by atoms with Crippen LogP contribution in [0.1, 0.15) is 32.1 Å². The van der Waals surface area contributed by atoms with Gasteiger partial charge in [0.25, 0.3) is 0 Å². The van der Waals surface area contributed by atoms with Crippen molar-refractivity contribution >= 4 is 22.9 Å². The van der Waals surface area contributed by atoms with Crippen LogP contribution < -0.4 is 10.6 Å².